The third-order valence-corrected chi connectivity index (χ3v) is 3.10. The second kappa shape index (κ2) is 4.90. The van der Waals surface area contributed by atoms with Crippen LogP contribution in [0.15, 0.2) is 24.1 Å². The standard InChI is InChI=1S/C13H14ClNO3/c1-7-11(16)10(13(15-2)18-7)8-5-4-6-9(14)12(8)17-3/h4-7,15H,1-3H3. The van der Waals surface area contributed by atoms with E-state index in [0.29, 0.717) is 27.8 Å². The molecule has 5 heteroatoms. The predicted octanol–water partition coefficient (Wildman–Crippen LogP) is 2.22. The van der Waals surface area contributed by atoms with E-state index in [1.165, 1.54) is 7.11 Å². The summed E-state index contributed by atoms with van der Waals surface area (Å²) >= 11 is 6.06. The second-order valence-corrected chi connectivity index (χ2v) is 4.31. The lowest BCUT2D eigenvalue weighted by Crippen LogP contribution is -2.13. The lowest BCUT2D eigenvalue weighted by Gasteiger charge is -2.10. The molecule has 0 saturated carbocycles. The van der Waals surface area contributed by atoms with Crippen molar-refractivity contribution in [1.29, 1.82) is 0 Å². The molecule has 0 radical (unpaired) electrons. The number of carbonyl (C=O) groups is 1. The van der Waals surface area contributed by atoms with Crippen molar-refractivity contribution in [3.05, 3.63) is 34.7 Å². The van der Waals surface area contributed by atoms with Crippen LogP contribution in [0, 0.1) is 0 Å². The Bertz CT molecular complexity index is 525. The Morgan fingerprint density at radius 2 is 2.17 bits per heavy atom. The summed E-state index contributed by atoms with van der Waals surface area (Å²) in [5.41, 5.74) is 1.12. The number of benzene rings is 1. The average molecular weight is 268 g/mol. The quantitative estimate of drug-likeness (QED) is 0.912. The first-order chi connectivity index (χ1) is 8.60. The highest BCUT2D eigenvalue weighted by Gasteiger charge is 2.34. The van der Waals surface area contributed by atoms with Crippen molar-refractivity contribution in [2.24, 2.45) is 0 Å². The zero-order valence-electron chi connectivity index (χ0n) is 10.4. The lowest BCUT2D eigenvalue weighted by atomic mass is 10.00. The molecular formula is C13H14ClNO3. The summed E-state index contributed by atoms with van der Waals surface area (Å²) in [5.74, 6) is 0.848. The fourth-order valence-electron chi connectivity index (χ4n) is 1.96. The molecular weight excluding hydrogens is 254 g/mol. The van der Waals surface area contributed by atoms with E-state index in [4.69, 9.17) is 21.1 Å². The summed E-state index contributed by atoms with van der Waals surface area (Å²) in [7, 11) is 3.23. The van der Waals surface area contributed by atoms with Gasteiger partial charge in [-0.25, -0.2) is 0 Å². The molecule has 0 aromatic heterocycles. The Labute approximate surface area is 111 Å². The lowest BCUT2D eigenvalue weighted by molar-refractivity contribution is -0.119. The number of hydrogen-bond acceptors (Lipinski definition) is 4. The Kier molecular flexibility index (Phi) is 3.48. The number of hydrogen-bond donors (Lipinski definition) is 1. The first-order valence-electron chi connectivity index (χ1n) is 5.56. The van der Waals surface area contributed by atoms with E-state index < -0.39 is 6.10 Å². The number of halogens is 1. The van der Waals surface area contributed by atoms with E-state index in [1.807, 2.05) is 0 Å². The van der Waals surface area contributed by atoms with Gasteiger partial charge in [-0.3, -0.25) is 4.79 Å². The fraction of sp³-hybridized carbons (Fsp3) is 0.308. The molecule has 0 amide bonds. The molecule has 18 heavy (non-hydrogen) atoms. The van der Waals surface area contributed by atoms with Crippen LogP contribution >= 0.6 is 11.6 Å². The molecule has 1 aromatic carbocycles. The van der Waals surface area contributed by atoms with Crippen molar-refractivity contribution >= 4 is 23.0 Å². The first kappa shape index (κ1) is 12.8. The van der Waals surface area contributed by atoms with E-state index in [2.05, 4.69) is 5.32 Å². The van der Waals surface area contributed by atoms with Crippen LogP contribution in [0.1, 0.15) is 12.5 Å². The molecule has 0 bridgehead atoms. The second-order valence-electron chi connectivity index (χ2n) is 3.90. The number of carbonyl (C=O) groups excluding carboxylic acids is 1. The fourth-order valence-corrected chi connectivity index (χ4v) is 2.21. The van der Waals surface area contributed by atoms with Crippen LogP contribution in [0.25, 0.3) is 5.57 Å². The van der Waals surface area contributed by atoms with Gasteiger partial charge in [0.05, 0.1) is 17.7 Å². The summed E-state index contributed by atoms with van der Waals surface area (Å²) in [6.07, 6.45) is -0.494. The van der Waals surface area contributed by atoms with E-state index in [9.17, 15) is 4.79 Å². The van der Waals surface area contributed by atoms with Gasteiger partial charge >= 0.3 is 0 Å². The molecule has 1 unspecified atom stereocenters. The molecule has 1 aromatic rings. The summed E-state index contributed by atoms with van der Waals surface area (Å²) in [5, 5.41) is 3.35. The number of Topliss-reactive ketones (excluding diaryl/α,β-unsaturated/α-hetero) is 1. The minimum absolute atomic E-state index is 0.0834. The first-order valence-corrected chi connectivity index (χ1v) is 5.93. The minimum Gasteiger partial charge on any atom is -0.495 e. The highest BCUT2D eigenvalue weighted by molar-refractivity contribution is 6.33. The Morgan fingerprint density at radius 3 is 2.78 bits per heavy atom. The number of rotatable bonds is 3. The Balaban J connectivity index is 2.61. The van der Waals surface area contributed by atoms with Gasteiger partial charge in [0.15, 0.2) is 12.0 Å². The zero-order chi connectivity index (χ0) is 13.3. The van der Waals surface area contributed by atoms with Crippen molar-refractivity contribution in [1.82, 2.24) is 5.32 Å². The number of methoxy groups -OCH3 is 1. The van der Waals surface area contributed by atoms with Crippen LogP contribution in [0.2, 0.25) is 5.02 Å². The highest BCUT2D eigenvalue weighted by atomic mass is 35.5. The van der Waals surface area contributed by atoms with Gasteiger partial charge in [0.25, 0.3) is 0 Å². The number of nitrogens with one attached hydrogen (secondary N) is 1. The maximum atomic E-state index is 12.1. The summed E-state index contributed by atoms with van der Waals surface area (Å²) in [6.45, 7) is 1.71. The number of ketones is 1. The van der Waals surface area contributed by atoms with Gasteiger partial charge in [0.2, 0.25) is 5.78 Å². The van der Waals surface area contributed by atoms with Gasteiger partial charge in [0, 0.05) is 12.6 Å². The van der Waals surface area contributed by atoms with Crippen molar-refractivity contribution in [3.8, 4) is 5.75 Å². The highest BCUT2D eigenvalue weighted by Crippen LogP contribution is 2.37. The van der Waals surface area contributed by atoms with Gasteiger partial charge in [-0.05, 0) is 13.0 Å². The molecule has 1 atom stereocenters. The normalized spacial score (nSPS) is 18.9. The molecule has 1 heterocycles. The van der Waals surface area contributed by atoms with Gasteiger partial charge in [-0.1, -0.05) is 23.7 Å². The number of ether oxygens (including phenoxy) is 2. The van der Waals surface area contributed by atoms with E-state index in [1.54, 1.807) is 32.2 Å². The molecule has 1 aliphatic rings. The molecule has 0 fully saturated rings. The van der Waals surface area contributed by atoms with Crippen molar-refractivity contribution in [2.45, 2.75) is 13.0 Å². The third-order valence-electron chi connectivity index (χ3n) is 2.80. The molecule has 0 aliphatic carbocycles. The van der Waals surface area contributed by atoms with Crippen LogP contribution in [-0.4, -0.2) is 26.0 Å². The molecule has 0 saturated heterocycles. The topological polar surface area (TPSA) is 47.6 Å². The van der Waals surface area contributed by atoms with Crippen LogP contribution in [-0.2, 0) is 9.53 Å². The van der Waals surface area contributed by atoms with Gasteiger partial charge in [-0.2, -0.15) is 0 Å². The van der Waals surface area contributed by atoms with Crippen LogP contribution in [0.4, 0.5) is 0 Å². The van der Waals surface area contributed by atoms with Gasteiger partial charge < -0.3 is 14.8 Å². The van der Waals surface area contributed by atoms with E-state index in [-0.39, 0.29) is 5.78 Å². The van der Waals surface area contributed by atoms with Crippen LogP contribution in [0.5, 0.6) is 5.75 Å². The van der Waals surface area contributed by atoms with Crippen molar-refractivity contribution in [2.75, 3.05) is 14.2 Å². The Hall–Kier alpha value is -1.68. The van der Waals surface area contributed by atoms with E-state index in [0.717, 1.165) is 0 Å². The molecule has 4 nitrogen and oxygen atoms in total. The predicted molar refractivity (Wildman–Crippen MR) is 69.5 cm³/mol. The third kappa shape index (κ3) is 1.93. The average Bonchev–Trinajstić information content (AvgIpc) is 2.65. The molecule has 1 aliphatic heterocycles. The van der Waals surface area contributed by atoms with E-state index >= 15 is 0 Å². The minimum atomic E-state index is -0.494. The maximum absolute atomic E-state index is 12.1. The van der Waals surface area contributed by atoms with Gasteiger partial charge in [0.1, 0.15) is 5.75 Å². The summed E-state index contributed by atoms with van der Waals surface area (Å²) in [4.78, 5) is 12.1. The maximum Gasteiger partial charge on any atom is 0.209 e. The van der Waals surface area contributed by atoms with Crippen molar-refractivity contribution in [3.63, 3.8) is 0 Å². The number of para-hydroxylation sites is 1. The Morgan fingerprint density at radius 1 is 1.44 bits per heavy atom. The summed E-state index contributed by atoms with van der Waals surface area (Å²) < 4.78 is 10.7. The molecule has 2 rings (SSSR count). The smallest absolute Gasteiger partial charge is 0.209 e. The van der Waals surface area contributed by atoms with Crippen molar-refractivity contribution < 1.29 is 14.3 Å². The molecule has 1 N–H and O–H groups in total. The largest absolute Gasteiger partial charge is 0.495 e. The monoisotopic (exact) mass is 267 g/mol. The van der Waals surface area contributed by atoms with Gasteiger partial charge in [-0.15, -0.1) is 0 Å². The molecule has 96 valence electrons. The molecule has 0 spiro atoms. The van der Waals surface area contributed by atoms with Crippen LogP contribution in [0.3, 0.4) is 0 Å². The van der Waals surface area contributed by atoms with Crippen LogP contribution < -0.4 is 10.1 Å². The zero-order valence-corrected chi connectivity index (χ0v) is 11.2. The SMILES string of the molecule is CNC1=C(c2cccc(Cl)c2OC)C(=O)C(C)O1. The summed E-state index contributed by atoms with van der Waals surface area (Å²) in [6, 6.07) is 5.28.